The number of Topliss-reactive ketones (excluding diaryl/α,β-unsaturated/α-hetero) is 1. The normalized spacial score (nSPS) is 11.4. The van der Waals surface area contributed by atoms with Crippen LogP contribution >= 0.6 is 0 Å². The van der Waals surface area contributed by atoms with Gasteiger partial charge in [-0.05, 0) is 59.5 Å². The quantitative estimate of drug-likeness (QED) is 0.196. The molecule has 0 aliphatic heterocycles. The van der Waals surface area contributed by atoms with E-state index in [1.165, 1.54) is 0 Å². The third kappa shape index (κ3) is 9.22. The summed E-state index contributed by atoms with van der Waals surface area (Å²) in [5, 5.41) is 2.89. The second kappa shape index (κ2) is 15.2. The number of para-hydroxylation sites is 1. The Morgan fingerprint density at radius 3 is 2.02 bits per heavy atom. The molecule has 41 heavy (non-hydrogen) atoms. The van der Waals surface area contributed by atoms with Crippen molar-refractivity contribution < 1.29 is 28.5 Å². The molecule has 0 aliphatic carbocycles. The van der Waals surface area contributed by atoms with Crippen LogP contribution in [-0.4, -0.2) is 38.6 Å². The molecule has 4 rings (SSSR count). The lowest BCUT2D eigenvalue weighted by Crippen LogP contribution is -2.44. The van der Waals surface area contributed by atoms with E-state index in [0.29, 0.717) is 30.3 Å². The van der Waals surface area contributed by atoms with Gasteiger partial charge in [0.15, 0.2) is 17.3 Å². The second-order valence-corrected chi connectivity index (χ2v) is 9.51. The summed E-state index contributed by atoms with van der Waals surface area (Å²) in [6, 6.07) is 31.4. The number of amides is 1. The Morgan fingerprint density at radius 2 is 1.34 bits per heavy atom. The Balaban J connectivity index is 1.36. The molecule has 0 heterocycles. The Morgan fingerprint density at radius 1 is 0.707 bits per heavy atom. The van der Waals surface area contributed by atoms with E-state index in [4.69, 9.17) is 18.9 Å². The highest BCUT2D eigenvalue weighted by Crippen LogP contribution is 2.28. The minimum atomic E-state index is -0.781. The van der Waals surface area contributed by atoms with Gasteiger partial charge in [-0.15, -0.1) is 0 Å². The SMILES string of the molecule is COc1ccc(CCC(=O)NC(COCc2ccccc2)C(=O)Cc2ccc(Oc3ccccc3)cc2)cc1OC. The Hall–Kier alpha value is -4.62. The van der Waals surface area contributed by atoms with Crippen molar-refractivity contribution in [2.45, 2.75) is 31.9 Å². The molecule has 4 aromatic carbocycles. The van der Waals surface area contributed by atoms with Crippen molar-refractivity contribution in [2.75, 3.05) is 20.8 Å². The van der Waals surface area contributed by atoms with Crippen LogP contribution in [0.5, 0.6) is 23.0 Å². The van der Waals surface area contributed by atoms with Gasteiger partial charge in [-0.25, -0.2) is 0 Å². The van der Waals surface area contributed by atoms with E-state index in [2.05, 4.69) is 5.32 Å². The average Bonchev–Trinajstić information content (AvgIpc) is 3.01. The van der Waals surface area contributed by atoms with Gasteiger partial charge in [0.1, 0.15) is 17.5 Å². The maximum Gasteiger partial charge on any atom is 0.220 e. The number of ether oxygens (including phenoxy) is 4. The molecule has 0 radical (unpaired) electrons. The average molecular weight is 554 g/mol. The summed E-state index contributed by atoms with van der Waals surface area (Å²) >= 11 is 0. The van der Waals surface area contributed by atoms with Crippen LogP contribution in [0.4, 0.5) is 0 Å². The standard InChI is InChI=1S/C34H35NO6/c1-38-32-19-15-26(22-33(32)39-2)16-20-34(37)35-30(24-40-23-27-9-5-3-6-10-27)31(36)21-25-13-17-29(18-14-25)41-28-11-7-4-8-12-28/h3-15,17-19,22,30H,16,20-21,23-24H2,1-2H3,(H,35,37). The zero-order valence-electron chi connectivity index (χ0n) is 23.4. The van der Waals surface area contributed by atoms with E-state index in [-0.39, 0.29) is 31.1 Å². The highest BCUT2D eigenvalue weighted by Gasteiger charge is 2.21. The summed E-state index contributed by atoms with van der Waals surface area (Å²) in [4.78, 5) is 26.3. The van der Waals surface area contributed by atoms with Gasteiger partial charge in [0.2, 0.25) is 5.91 Å². The maximum atomic E-state index is 13.3. The number of ketones is 1. The van der Waals surface area contributed by atoms with E-state index in [1.54, 1.807) is 14.2 Å². The number of nitrogens with one attached hydrogen (secondary N) is 1. The minimum Gasteiger partial charge on any atom is -0.493 e. The molecule has 212 valence electrons. The molecule has 4 aromatic rings. The lowest BCUT2D eigenvalue weighted by molar-refractivity contribution is -0.129. The topological polar surface area (TPSA) is 83.1 Å². The number of aryl methyl sites for hydroxylation is 1. The van der Waals surface area contributed by atoms with E-state index >= 15 is 0 Å². The van der Waals surface area contributed by atoms with Crippen LogP contribution in [0.1, 0.15) is 23.1 Å². The third-order valence-corrected chi connectivity index (χ3v) is 6.49. The lowest BCUT2D eigenvalue weighted by atomic mass is 10.0. The first-order valence-corrected chi connectivity index (χ1v) is 13.5. The molecule has 7 nitrogen and oxygen atoms in total. The van der Waals surface area contributed by atoms with Crippen LogP contribution in [0.25, 0.3) is 0 Å². The summed E-state index contributed by atoms with van der Waals surface area (Å²) in [5.74, 6) is 2.29. The minimum absolute atomic E-state index is 0.0744. The van der Waals surface area contributed by atoms with Gasteiger partial charge in [-0.2, -0.15) is 0 Å². The fourth-order valence-corrected chi connectivity index (χ4v) is 4.27. The summed E-state index contributed by atoms with van der Waals surface area (Å²) in [7, 11) is 3.15. The van der Waals surface area contributed by atoms with Gasteiger partial charge >= 0.3 is 0 Å². The predicted octanol–water partition coefficient (Wildman–Crippen LogP) is 5.94. The summed E-state index contributed by atoms with van der Waals surface area (Å²) in [5.41, 5.74) is 2.74. The van der Waals surface area contributed by atoms with E-state index < -0.39 is 6.04 Å². The molecular formula is C34H35NO6. The highest BCUT2D eigenvalue weighted by atomic mass is 16.5. The van der Waals surface area contributed by atoms with Gasteiger partial charge in [0.05, 0.1) is 27.4 Å². The first-order valence-electron chi connectivity index (χ1n) is 13.5. The number of methoxy groups -OCH3 is 2. The third-order valence-electron chi connectivity index (χ3n) is 6.49. The largest absolute Gasteiger partial charge is 0.493 e. The number of rotatable bonds is 15. The van der Waals surface area contributed by atoms with Crippen molar-refractivity contribution in [3.63, 3.8) is 0 Å². The van der Waals surface area contributed by atoms with Crippen LogP contribution in [0.3, 0.4) is 0 Å². The zero-order chi connectivity index (χ0) is 28.9. The first kappa shape index (κ1) is 29.4. The summed E-state index contributed by atoms with van der Waals surface area (Å²) < 4.78 is 22.4. The number of carbonyl (C=O) groups is 2. The van der Waals surface area contributed by atoms with Crippen molar-refractivity contribution >= 4 is 11.7 Å². The molecule has 0 aromatic heterocycles. The zero-order valence-corrected chi connectivity index (χ0v) is 23.4. The molecule has 1 N–H and O–H groups in total. The maximum absolute atomic E-state index is 13.3. The van der Waals surface area contributed by atoms with Gasteiger partial charge in [-0.3, -0.25) is 9.59 Å². The molecular weight excluding hydrogens is 518 g/mol. The van der Waals surface area contributed by atoms with Crippen molar-refractivity contribution in [1.29, 1.82) is 0 Å². The molecule has 0 bridgehead atoms. The second-order valence-electron chi connectivity index (χ2n) is 9.51. The molecule has 0 saturated heterocycles. The smallest absolute Gasteiger partial charge is 0.220 e. The highest BCUT2D eigenvalue weighted by molar-refractivity contribution is 5.90. The van der Waals surface area contributed by atoms with E-state index in [9.17, 15) is 9.59 Å². The molecule has 1 amide bonds. The fourth-order valence-electron chi connectivity index (χ4n) is 4.27. The van der Waals surface area contributed by atoms with Crippen LogP contribution in [0.2, 0.25) is 0 Å². The van der Waals surface area contributed by atoms with Gasteiger partial charge in [0, 0.05) is 12.8 Å². The Labute approximate surface area is 241 Å². The van der Waals surface area contributed by atoms with Crippen molar-refractivity contribution in [2.24, 2.45) is 0 Å². The molecule has 0 saturated carbocycles. The van der Waals surface area contributed by atoms with Crippen molar-refractivity contribution in [3.05, 3.63) is 120 Å². The fraction of sp³-hybridized carbons (Fsp3) is 0.235. The first-order chi connectivity index (χ1) is 20.0. The van der Waals surface area contributed by atoms with Crippen molar-refractivity contribution in [1.82, 2.24) is 5.32 Å². The number of benzene rings is 4. The lowest BCUT2D eigenvalue weighted by Gasteiger charge is -2.18. The van der Waals surface area contributed by atoms with Gasteiger partial charge < -0.3 is 24.3 Å². The van der Waals surface area contributed by atoms with Crippen LogP contribution in [0.15, 0.2) is 103 Å². The molecule has 7 heteroatoms. The van der Waals surface area contributed by atoms with E-state index in [1.807, 2.05) is 103 Å². The Kier molecular flexibility index (Phi) is 10.9. The Bertz CT molecular complexity index is 1390. The summed E-state index contributed by atoms with van der Waals surface area (Å²) in [6.45, 7) is 0.419. The predicted molar refractivity (Wildman–Crippen MR) is 158 cm³/mol. The summed E-state index contributed by atoms with van der Waals surface area (Å²) in [6.07, 6.45) is 0.852. The molecule has 1 atom stereocenters. The van der Waals surface area contributed by atoms with Crippen LogP contribution in [-0.2, 0) is 33.8 Å². The molecule has 0 spiro atoms. The van der Waals surface area contributed by atoms with Gasteiger partial charge in [0.25, 0.3) is 0 Å². The van der Waals surface area contributed by atoms with Crippen molar-refractivity contribution in [3.8, 4) is 23.0 Å². The molecule has 0 aliphatic rings. The van der Waals surface area contributed by atoms with E-state index in [0.717, 1.165) is 22.4 Å². The number of hydrogen-bond acceptors (Lipinski definition) is 6. The molecule has 1 unspecified atom stereocenters. The molecule has 0 fully saturated rings. The van der Waals surface area contributed by atoms with Crippen LogP contribution < -0.4 is 19.5 Å². The number of carbonyl (C=O) groups excluding carboxylic acids is 2. The number of hydrogen-bond donors (Lipinski definition) is 1. The van der Waals surface area contributed by atoms with Gasteiger partial charge in [-0.1, -0.05) is 66.7 Å². The van der Waals surface area contributed by atoms with Crippen LogP contribution in [0, 0.1) is 0 Å². The monoisotopic (exact) mass is 553 g/mol.